The van der Waals surface area contributed by atoms with Crippen molar-refractivity contribution in [3.63, 3.8) is 0 Å². The van der Waals surface area contributed by atoms with Crippen molar-refractivity contribution < 1.29 is 9.47 Å². The lowest BCUT2D eigenvalue weighted by atomic mass is 10.2. The summed E-state index contributed by atoms with van der Waals surface area (Å²) in [6, 6.07) is 15.8. The summed E-state index contributed by atoms with van der Waals surface area (Å²) >= 11 is 8.61. The van der Waals surface area contributed by atoms with Crippen LogP contribution < -0.4 is 15.4 Å². The van der Waals surface area contributed by atoms with Crippen LogP contribution in [0, 0.1) is 0 Å². The second-order valence-corrected chi connectivity index (χ2v) is 6.14. The average Bonchev–Trinajstić information content (AvgIpc) is 2.56. The van der Waals surface area contributed by atoms with Gasteiger partial charge in [-0.05, 0) is 54.2 Å². The lowest BCUT2D eigenvalue weighted by Crippen LogP contribution is -2.31. The Morgan fingerprint density at radius 1 is 1.09 bits per heavy atom. The lowest BCUT2D eigenvalue weighted by Gasteiger charge is -2.11. The maximum atomic E-state index is 5.74. The molecule has 2 N–H and O–H groups in total. The first-order chi connectivity index (χ1) is 11.2. The number of anilines is 1. The summed E-state index contributed by atoms with van der Waals surface area (Å²) in [4.78, 5) is 0. The molecule has 6 heteroatoms. The number of nitrogens with one attached hydrogen (secondary N) is 2. The molecule has 2 aromatic rings. The minimum Gasteiger partial charge on any atom is -0.489 e. The number of rotatable bonds is 7. The van der Waals surface area contributed by atoms with Crippen molar-refractivity contribution in [1.82, 2.24) is 5.32 Å². The van der Waals surface area contributed by atoms with Crippen molar-refractivity contribution in [2.45, 2.75) is 6.61 Å². The van der Waals surface area contributed by atoms with Crippen LogP contribution in [0.25, 0.3) is 0 Å². The van der Waals surface area contributed by atoms with E-state index in [-0.39, 0.29) is 0 Å². The molecule has 0 aromatic heterocycles. The van der Waals surface area contributed by atoms with Crippen LogP contribution in [0.1, 0.15) is 5.56 Å². The van der Waals surface area contributed by atoms with Crippen LogP contribution in [0.4, 0.5) is 5.69 Å². The third kappa shape index (κ3) is 6.56. The fourth-order valence-electron chi connectivity index (χ4n) is 1.82. The van der Waals surface area contributed by atoms with Gasteiger partial charge in [0.25, 0.3) is 0 Å². The summed E-state index contributed by atoms with van der Waals surface area (Å²) < 4.78 is 11.7. The van der Waals surface area contributed by atoms with Gasteiger partial charge >= 0.3 is 0 Å². The predicted molar refractivity (Wildman–Crippen MR) is 101 cm³/mol. The van der Waals surface area contributed by atoms with E-state index in [9.17, 15) is 0 Å². The molecule has 0 amide bonds. The Balaban J connectivity index is 1.79. The zero-order valence-electron chi connectivity index (χ0n) is 12.8. The van der Waals surface area contributed by atoms with E-state index < -0.39 is 0 Å². The highest BCUT2D eigenvalue weighted by atomic mass is 79.9. The molecular weight excluding hydrogens is 376 g/mol. The molecule has 2 rings (SSSR count). The molecule has 0 atom stereocenters. The third-order valence-corrected chi connectivity index (χ3v) is 3.80. The second-order valence-electron chi connectivity index (χ2n) is 4.81. The zero-order valence-corrected chi connectivity index (χ0v) is 15.2. The number of benzene rings is 2. The topological polar surface area (TPSA) is 42.5 Å². The first kappa shape index (κ1) is 17.7. The summed E-state index contributed by atoms with van der Waals surface area (Å²) in [6.07, 6.45) is 0. The zero-order chi connectivity index (χ0) is 16.5. The monoisotopic (exact) mass is 394 g/mol. The smallest absolute Gasteiger partial charge is 0.170 e. The standard InChI is InChI=1S/C17H19BrN2O2S/c1-21-11-10-19-17(23)20-15-6-2-13(3-7-15)12-22-16-8-4-14(18)5-9-16/h2-9H,10-12H2,1H3,(H2,19,20,23). The Hall–Kier alpha value is -1.63. The molecule has 0 aliphatic rings. The quantitative estimate of drug-likeness (QED) is 0.549. The third-order valence-electron chi connectivity index (χ3n) is 3.02. The van der Waals surface area contributed by atoms with Crippen LogP contribution in [0.15, 0.2) is 53.0 Å². The lowest BCUT2D eigenvalue weighted by molar-refractivity contribution is 0.204. The highest BCUT2D eigenvalue weighted by Crippen LogP contribution is 2.18. The van der Waals surface area contributed by atoms with Crippen LogP contribution >= 0.6 is 28.1 Å². The summed E-state index contributed by atoms with van der Waals surface area (Å²) in [5, 5.41) is 6.78. The Bertz CT molecular complexity index is 617. The van der Waals surface area contributed by atoms with E-state index >= 15 is 0 Å². The Morgan fingerprint density at radius 3 is 2.43 bits per heavy atom. The molecule has 0 fully saturated rings. The van der Waals surface area contributed by atoms with Crippen LogP contribution in [0.2, 0.25) is 0 Å². The van der Waals surface area contributed by atoms with Crippen LogP contribution in [-0.2, 0) is 11.3 Å². The molecular formula is C17H19BrN2O2S. The molecule has 2 aromatic carbocycles. The number of ether oxygens (including phenoxy) is 2. The van der Waals surface area contributed by atoms with Crippen molar-refractivity contribution >= 4 is 38.9 Å². The molecule has 23 heavy (non-hydrogen) atoms. The van der Waals surface area contributed by atoms with Gasteiger partial charge in [-0.3, -0.25) is 0 Å². The fourth-order valence-corrected chi connectivity index (χ4v) is 2.31. The van der Waals surface area contributed by atoms with E-state index in [0.29, 0.717) is 24.9 Å². The molecule has 0 radical (unpaired) electrons. The van der Waals surface area contributed by atoms with Crippen LogP contribution in [-0.4, -0.2) is 25.4 Å². The van der Waals surface area contributed by atoms with Gasteiger partial charge in [-0.15, -0.1) is 0 Å². The summed E-state index contributed by atoms with van der Waals surface area (Å²) in [5.41, 5.74) is 2.03. The molecule has 122 valence electrons. The fraction of sp³-hybridized carbons (Fsp3) is 0.235. The molecule has 0 unspecified atom stereocenters. The first-order valence-corrected chi connectivity index (χ1v) is 8.38. The summed E-state index contributed by atoms with van der Waals surface area (Å²) in [7, 11) is 1.66. The Morgan fingerprint density at radius 2 is 1.78 bits per heavy atom. The van der Waals surface area contributed by atoms with E-state index in [1.807, 2.05) is 48.5 Å². The molecule has 0 bridgehead atoms. The Labute approximate surface area is 150 Å². The predicted octanol–water partition coefficient (Wildman–Crippen LogP) is 3.96. The Kier molecular flexibility index (Phi) is 7.32. The molecule has 0 aliphatic carbocycles. The summed E-state index contributed by atoms with van der Waals surface area (Å²) in [6.45, 7) is 1.83. The molecule has 0 spiro atoms. The average molecular weight is 395 g/mol. The molecule has 0 saturated carbocycles. The molecule has 0 heterocycles. The minimum absolute atomic E-state index is 0.526. The normalized spacial score (nSPS) is 10.2. The van der Waals surface area contributed by atoms with E-state index in [4.69, 9.17) is 21.7 Å². The van der Waals surface area contributed by atoms with Crippen molar-refractivity contribution in [2.24, 2.45) is 0 Å². The SMILES string of the molecule is COCCNC(=S)Nc1ccc(COc2ccc(Br)cc2)cc1. The van der Waals surface area contributed by atoms with Gasteiger partial charge < -0.3 is 20.1 Å². The van der Waals surface area contributed by atoms with Gasteiger partial charge in [-0.2, -0.15) is 0 Å². The van der Waals surface area contributed by atoms with Gasteiger partial charge in [0.1, 0.15) is 12.4 Å². The van der Waals surface area contributed by atoms with E-state index in [1.165, 1.54) is 0 Å². The minimum atomic E-state index is 0.526. The number of methoxy groups -OCH3 is 1. The van der Waals surface area contributed by atoms with Crippen molar-refractivity contribution in [1.29, 1.82) is 0 Å². The van der Waals surface area contributed by atoms with Crippen LogP contribution in [0.5, 0.6) is 5.75 Å². The van der Waals surface area contributed by atoms with E-state index in [0.717, 1.165) is 21.5 Å². The largest absolute Gasteiger partial charge is 0.489 e. The number of thiocarbonyl (C=S) groups is 1. The van der Waals surface area contributed by atoms with Crippen LogP contribution in [0.3, 0.4) is 0 Å². The molecule has 4 nitrogen and oxygen atoms in total. The van der Waals surface area contributed by atoms with E-state index in [2.05, 4.69) is 26.6 Å². The van der Waals surface area contributed by atoms with Gasteiger partial charge in [0.15, 0.2) is 5.11 Å². The van der Waals surface area contributed by atoms with Crippen molar-refractivity contribution in [3.8, 4) is 5.75 Å². The maximum absolute atomic E-state index is 5.74. The second kappa shape index (κ2) is 9.50. The maximum Gasteiger partial charge on any atom is 0.170 e. The first-order valence-electron chi connectivity index (χ1n) is 7.18. The highest BCUT2D eigenvalue weighted by Gasteiger charge is 1.99. The number of hydrogen-bond donors (Lipinski definition) is 2. The van der Waals surface area contributed by atoms with Crippen molar-refractivity contribution in [2.75, 3.05) is 25.6 Å². The summed E-state index contributed by atoms with van der Waals surface area (Å²) in [5.74, 6) is 0.846. The van der Waals surface area contributed by atoms with Gasteiger partial charge in [-0.25, -0.2) is 0 Å². The van der Waals surface area contributed by atoms with Crippen molar-refractivity contribution in [3.05, 3.63) is 58.6 Å². The van der Waals surface area contributed by atoms with E-state index in [1.54, 1.807) is 7.11 Å². The number of halogens is 1. The molecule has 0 aliphatic heterocycles. The molecule has 0 saturated heterocycles. The van der Waals surface area contributed by atoms with Gasteiger partial charge in [-0.1, -0.05) is 28.1 Å². The highest BCUT2D eigenvalue weighted by molar-refractivity contribution is 9.10. The van der Waals surface area contributed by atoms with Gasteiger partial charge in [0.05, 0.1) is 6.61 Å². The van der Waals surface area contributed by atoms with Gasteiger partial charge in [0.2, 0.25) is 0 Å². The number of hydrogen-bond acceptors (Lipinski definition) is 3. The van der Waals surface area contributed by atoms with Gasteiger partial charge in [0, 0.05) is 23.8 Å².